The molecule has 1 amide bonds. The van der Waals surface area contributed by atoms with Gasteiger partial charge in [-0.3, -0.25) is 9.36 Å². The number of para-hydroxylation sites is 3. The van der Waals surface area contributed by atoms with Crippen LogP contribution in [-0.4, -0.2) is 40.1 Å². The quantitative estimate of drug-likeness (QED) is 0.747. The van der Waals surface area contributed by atoms with Crippen molar-refractivity contribution in [3.63, 3.8) is 0 Å². The minimum atomic E-state index is -0.123. The normalized spacial score (nSPS) is 20.0. The minimum Gasteiger partial charge on any atom is -0.492 e. The fourth-order valence-corrected chi connectivity index (χ4v) is 4.53. The summed E-state index contributed by atoms with van der Waals surface area (Å²) >= 11 is 0. The Morgan fingerprint density at radius 3 is 2.64 bits per heavy atom. The number of aromatic amines is 1. The van der Waals surface area contributed by atoms with E-state index in [4.69, 9.17) is 4.74 Å². The molecule has 0 bridgehead atoms. The summed E-state index contributed by atoms with van der Waals surface area (Å²) in [6.45, 7) is 1.79. The van der Waals surface area contributed by atoms with E-state index < -0.39 is 0 Å². The van der Waals surface area contributed by atoms with Crippen molar-refractivity contribution in [2.75, 3.05) is 19.7 Å². The van der Waals surface area contributed by atoms with Gasteiger partial charge in [-0.1, -0.05) is 30.3 Å². The summed E-state index contributed by atoms with van der Waals surface area (Å²) < 4.78 is 7.65. The highest BCUT2D eigenvalue weighted by atomic mass is 16.5. The van der Waals surface area contributed by atoms with Crippen LogP contribution in [0.25, 0.3) is 11.0 Å². The molecule has 28 heavy (non-hydrogen) atoms. The van der Waals surface area contributed by atoms with Gasteiger partial charge in [-0.2, -0.15) is 0 Å². The van der Waals surface area contributed by atoms with Gasteiger partial charge in [0.05, 0.1) is 17.0 Å². The molecule has 144 valence electrons. The van der Waals surface area contributed by atoms with Crippen molar-refractivity contribution >= 4 is 16.9 Å². The molecule has 1 N–H and O–H groups in total. The van der Waals surface area contributed by atoms with Gasteiger partial charge in [0.15, 0.2) is 0 Å². The lowest BCUT2D eigenvalue weighted by atomic mass is 9.94. The Kier molecular flexibility index (Phi) is 4.19. The Labute approximate surface area is 162 Å². The molecule has 2 aliphatic heterocycles. The zero-order chi connectivity index (χ0) is 19.1. The molecule has 2 aromatic carbocycles. The van der Waals surface area contributed by atoms with Crippen LogP contribution in [0, 0.1) is 5.92 Å². The zero-order valence-corrected chi connectivity index (χ0v) is 15.6. The van der Waals surface area contributed by atoms with Gasteiger partial charge in [-0.15, -0.1) is 0 Å². The molecular formula is C22H23N3O3. The van der Waals surface area contributed by atoms with Gasteiger partial charge in [0.25, 0.3) is 0 Å². The van der Waals surface area contributed by atoms with E-state index in [0.29, 0.717) is 19.7 Å². The molecule has 6 heteroatoms. The van der Waals surface area contributed by atoms with Gasteiger partial charge in [0.1, 0.15) is 12.4 Å². The molecule has 6 nitrogen and oxygen atoms in total. The first-order chi connectivity index (χ1) is 13.7. The molecule has 3 heterocycles. The highest BCUT2D eigenvalue weighted by Gasteiger charge is 2.32. The highest BCUT2D eigenvalue weighted by molar-refractivity contribution is 5.80. The summed E-state index contributed by atoms with van der Waals surface area (Å²) in [7, 11) is 0. The number of imidazole rings is 1. The first kappa shape index (κ1) is 17.1. The number of hydrogen-bond donors (Lipinski definition) is 1. The molecule has 1 saturated heterocycles. The average molecular weight is 377 g/mol. The van der Waals surface area contributed by atoms with Crippen molar-refractivity contribution in [1.82, 2.24) is 14.5 Å². The number of benzene rings is 2. The van der Waals surface area contributed by atoms with E-state index >= 15 is 0 Å². The molecular weight excluding hydrogens is 354 g/mol. The maximum Gasteiger partial charge on any atom is 0.326 e. The Bertz CT molecular complexity index is 1080. The smallest absolute Gasteiger partial charge is 0.326 e. The molecule has 1 aromatic heterocycles. The molecule has 0 aliphatic carbocycles. The third kappa shape index (κ3) is 2.89. The van der Waals surface area contributed by atoms with Crippen LogP contribution in [0.2, 0.25) is 0 Å². The summed E-state index contributed by atoms with van der Waals surface area (Å²) in [5.41, 5.74) is 2.84. The van der Waals surface area contributed by atoms with Crippen LogP contribution in [0.15, 0.2) is 53.3 Å². The van der Waals surface area contributed by atoms with Gasteiger partial charge in [-0.05, 0) is 43.0 Å². The number of ether oxygens (including phenoxy) is 1. The number of H-pyrrole nitrogens is 1. The van der Waals surface area contributed by atoms with Crippen molar-refractivity contribution in [2.24, 2.45) is 5.92 Å². The number of carbonyl (C=O) groups excluding carboxylic acids is 1. The van der Waals surface area contributed by atoms with E-state index in [9.17, 15) is 9.59 Å². The van der Waals surface area contributed by atoms with Crippen LogP contribution >= 0.6 is 0 Å². The van der Waals surface area contributed by atoms with Crippen molar-refractivity contribution in [3.05, 3.63) is 64.6 Å². The maximum absolute atomic E-state index is 13.0. The van der Waals surface area contributed by atoms with E-state index in [1.807, 2.05) is 58.0 Å². The Hall–Kier alpha value is -3.02. The predicted octanol–water partition coefficient (Wildman–Crippen LogP) is 2.74. The second-order valence-corrected chi connectivity index (χ2v) is 7.69. The van der Waals surface area contributed by atoms with Crippen molar-refractivity contribution in [3.8, 4) is 5.75 Å². The number of nitrogens with zero attached hydrogens (tertiary/aromatic N) is 2. The Morgan fingerprint density at radius 2 is 1.79 bits per heavy atom. The highest BCUT2D eigenvalue weighted by Crippen LogP contribution is 2.30. The van der Waals surface area contributed by atoms with Gasteiger partial charge in [-0.25, -0.2) is 4.79 Å². The van der Waals surface area contributed by atoms with Crippen LogP contribution in [0.5, 0.6) is 5.75 Å². The number of aromatic nitrogens is 2. The summed E-state index contributed by atoms with van der Waals surface area (Å²) in [5, 5.41) is 0. The van der Waals surface area contributed by atoms with Crippen molar-refractivity contribution < 1.29 is 9.53 Å². The maximum atomic E-state index is 13.0. The number of amides is 1. The third-order valence-electron chi connectivity index (χ3n) is 5.99. The van der Waals surface area contributed by atoms with E-state index in [2.05, 4.69) is 4.98 Å². The number of likely N-dealkylation sites (tertiary alicyclic amines) is 1. The molecule has 0 radical (unpaired) electrons. The van der Waals surface area contributed by atoms with Crippen LogP contribution < -0.4 is 10.4 Å². The molecule has 1 atom stereocenters. The zero-order valence-electron chi connectivity index (χ0n) is 15.6. The van der Waals surface area contributed by atoms with Gasteiger partial charge >= 0.3 is 5.69 Å². The molecule has 0 unspecified atom stereocenters. The molecule has 2 aliphatic rings. The average Bonchev–Trinajstić information content (AvgIpc) is 3.08. The number of piperidine rings is 1. The Morgan fingerprint density at radius 1 is 1.04 bits per heavy atom. The molecule has 0 spiro atoms. The summed E-state index contributed by atoms with van der Waals surface area (Å²) in [5.74, 6) is 0.936. The topological polar surface area (TPSA) is 67.3 Å². The fourth-order valence-electron chi connectivity index (χ4n) is 4.53. The van der Waals surface area contributed by atoms with E-state index in [1.165, 1.54) is 0 Å². The standard InChI is InChI=1S/C22H23N3O3/c26-21(16-13-15-5-1-4-8-20(15)28-14-16)24-11-9-17(10-12-24)25-19-7-3-2-6-18(19)23-22(25)27/h1-8,16-17H,9-14H2,(H,23,27)/t16-/m0/s1. The number of rotatable bonds is 2. The molecule has 1 fully saturated rings. The molecule has 0 saturated carbocycles. The summed E-state index contributed by atoms with van der Waals surface area (Å²) in [6, 6.07) is 15.8. The first-order valence-corrected chi connectivity index (χ1v) is 9.89. The number of nitrogens with one attached hydrogen (secondary N) is 1. The largest absolute Gasteiger partial charge is 0.492 e. The number of hydrogen-bond acceptors (Lipinski definition) is 3. The number of carbonyl (C=O) groups is 1. The fraction of sp³-hybridized carbons (Fsp3) is 0.364. The second kappa shape index (κ2) is 6.86. The second-order valence-electron chi connectivity index (χ2n) is 7.69. The lowest BCUT2D eigenvalue weighted by Gasteiger charge is -2.35. The SMILES string of the molecule is O=C([C@@H]1COc2ccccc2C1)N1CCC(n2c(=O)[nH]c3ccccc32)CC1. The molecule has 3 aromatic rings. The van der Waals surface area contributed by atoms with Gasteiger partial charge in [0.2, 0.25) is 5.91 Å². The third-order valence-corrected chi connectivity index (χ3v) is 5.99. The summed E-state index contributed by atoms with van der Waals surface area (Å²) in [6.07, 6.45) is 2.31. The monoisotopic (exact) mass is 377 g/mol. The van der Waals surface area contributed by atoms with Gasteiger partial charge in [0, 0.05) is 19.1 Å². The van der Waals surface area contributed by atoms with E-state index in [1.54, 1.807) is 0 Å². The van der Waals surface area contributed by atoms with Crippen LogP contribution in [0.1, 0.15) is 24.4 Å². The van der Waals surface area contributed by atoms with E-state index in [-0.39, 0.29) is 23.6 Å². The minimum absolute atomic E-state index is 0.0664. The van der Waals surface area contributed by atoms with E-state index in [0.717, 1.165) is 41.6 Å². The number of fused-ring (bicyclic) bond motifs is 2. The lowest BCUT2D eigenvalue weighted by Crippen LogP contribution is -2.45. The summed E-state index contributed by atoms with van der Waals surface area (Å²) in [4.78, 5) is 30.3. The first-order valence-electron chi connectivity index (χ1n) is 9.89. The molecule has 5 rings (SSSR count). The lowest BCUT2D eigenvalue weighted by molar-refractivity contribution is -0.138. The van der Waals surface area contributed by atoms with Crippen molar-refractivity contribution in [1.29, 1.82) is 0 Å². The van der Waals surface area contributed by atoms with Crippen LogP contribution in [0.3, 0.4) is 0 Å². The van der Waals surface area contributed by atoms with Crippen molar-refractivity contribution in [2.45, 2.75) is 25.3 Å². The predicted molar refractivity (Wildman–Crippen MR) is 107 cm³/mol. The Balaban J connectivity index is 1.28. The van der Waals surface area contributed by atoms with Crippen LogP contribution in [0.4, 0.5) is 0 Å². The van der Waals surface area contributed by atoms with Gasteiger partial charge < -0.3 is 14.6 Å². The van der Waals surface area contributed by atoms with Crippen LogP contribution in [-0.2, 0) is 11.2 Å².